The van der Waals surface area contributed by atoms with Crippen molar-refractivity contribution in [2.45, 2.75) is 38.0 Å². The van der Waals surface area contributed by atoms with Gasteiger partial charge >= 0.3 is 0 Å². The lowest BCUT2D eigenvalue weighted by molar-refractivity contribution is -0.121. The molecule has 0 spiro atoms. The summed E-state index contributed by atoms with van der Waals surface area (Å²) in [6.07, 6.45) is 4.69. The first-order valence-electron chi connectivity index (χ1n) is 9.11. The van der Waals surface area contributed by atoms with Crippen LogP contribution in [0.5, 0.6) is 0 Å². The van der Waals surface area contributed by atoms with Crippen LogP contribution in [-0.4, -0.2) is 44.1 Å². The zero-order chi connectivity index (χ0) is 18.8. The monoisotopic (exact) mass is 368 g/mol. The van der Waals surface area contributed by atoms with E-state index in [1.54, 1.807) is 35.3 Å². The second-order valence-corrected chi connectivity index (χ2v) is 6.92. The normalized spacial score (nSPS) is 20.1. The maximum Gasteiger partial charge on any atom is 0.154 e. The summed E-state index contributed by atoms with van der Waals surface area (Å²) in [6, 6.07) is 7.83. The average Bonchev–Trinajstić information content (AvgIpc) is 3.06. The molecular formula is C20H21FN4O2. The number of fused-ring (bicyclic) bond motifs is 1. The lowest BCUT2D eigenvalue weighted by Crippen LogP contribution is -2.46. The summed E-state index contributed by atoms with van der Waals surface area (Å²) in [5.74, 6) is -0.309. The molecule has 0 radical (unpaired) electrons. The van der Waals surface area contributed by atoms with E-state index in [9.17, 15) is 14.3 Å². The molecule has 0 amide bonds. The largest absolute Gasteiger partial charge is 0.391 e. The maximum atomic E-state index is 13.6. The Morgan fingerprint density at radius 2 is 2.22 bits per heavy atom. The van der Waals surface area contributed by atoms with Crippen LogP contribution in [0.15, 0.2) is 42.9 Å². The first-order chi connectivity index (χ1) is 13.1. The van der Waals surface area contributed by atoms with Crippen molar-refractivity contribution in [1.29, 1.82) is 0 Å². The number of rotatable bonds is 5. The van der Waals surface area contributed by atoms with Gasteiger partial charge in [-0.05, 0) is 37.6 Å². The van der Waals surface area contributed by atoms with Gasteiger partial charge in [0.25, 0.3) is 0 Å². The van der Waals surface area contributed by atoms with Gasteiger partial charge in [-0.15, -0.1) is 0 Å². The zero-order valence-electron chi connectivity index (χ0n) is 14.8. The fourth-order valence-electron chi connectivity index (χ4n) is 3.61. The molecule has 0 aliphatic carbocycles. The van der Waals surface area contributed by atoms with Crippen LogP contribution in [0.25, 0.3) is 22.3 Å². The van der Waals surface area contributed by atoms with Gasteiger partial charge in [-0.1, -0.05) is 12.1 Å². The maximum absolute atomic E-state index is 13.6. The predicted molar refractivity (Wildman–Crippen MR) is 99.6 cm³/mol. The molecule has 1 aromatic carbocycles. The first-order valence-corrected chi connectivity index (χ1v) is 9.11. The SMILES string of the molecule is O=C(C[C@H]1NCCC[C@@H]1O)Cn1cnc2c(-c3cccc(F)c3)nccc21. The van der Waals surface area contributed by atoms with E-state index in [0.29, 0.717) is 16.8 Å². The van der Waals surface area contributed by atoms with Gasteiger partial charge in [-0.3, -0.25) is 9.78 Å². The lowest BCUT2D eigenvalue weighted by Gasteiger charge is -2.28. The van der Waals surface area contributed by atoms with Gasteiger partial charge in [-0.25, -0.2) is 9.37 Å². The molecule has 1 aliphatic rings. The third-order valence-corrected chi connectivity index (χ3v) is 4.98. The van der Waals surface area contributed by atoms with Crippen molar-refractivity contribution >= 4 is 16.8 Å². The van der Waals surface area contributed by atoms with Crippen LogP contribution in [0.1, 0.15) is 19.3 Å². The highest BCUT2D eigenvalue weighted by Crippen LogP contribution is 2.26. The molecule has 2 N–H and O–H groups in total. The number of carbonyl (C=O) groups excluding carboxylic acids is 1. The summed E-state index contributed by atoms with van der Waals surface area (Å²) in [5, 5.41) is 13.2. The van der Waals surface area contributed by atoms with E-state index in [2.05, 4.69) is 15.3 Å². The third-order valence-electron chi connectivity index (χ3n) is 4.98. The molecule has 3 heterocycles. The van der Waals surface area contributed by atoms with Crippen LogP contribution in [0.2, 0.25) is 0 Å². The van der Waals surface area contributed by atoms with Gasteiger partial charge < -0.3 is 15.0 Å². The molecule has 0 saturated carbocycles. The van der Waals surface area contributed by atoms with Gasteiger partial charge in [-0.2, -0.15) is 0 Å². The standard InChI is InChI=1S/C20H21FN4O2/c21-14-4-1-3-13(9-14)19-20-17(6-8-23-19)25(12-24-20)11-15(26)10-16-18(27)5-2-7-22-16/h1,3-4,6,8-9,12,16,18,22,27H,2,5,7,10-11H2/t16-,18+/m1/s1. The highest BCUT2D eigenvalue weighted by molar-refractivity contribution is 5.90. The number of carbonyl (C=O) groups is 1. The number of benzene rings is 1. The Hall–Kier alpha value is -2.64. The van der Waals surface area contributed by atoms with Gasteiger partial charge in [0.05, 0.1) is 30.2 Å². The second-order valence-electron chi connectivity index (χ2n) is 6.92. The minimum Gasteiger partial charge on any atom is -0.391 e. The predicted octanol–water partition coefficient (Wildman–Crippen LogP) is 2.31. The van der Waals surface area contributed by atoms with Gasteiger partial charge in [0.15, 0.2) is 5.78 Å². The van der Waals surface area contributed by atoms with E-state index in [0.717, 1.165) is 24.9 Å². The molecule has 27 heavy (non-hydrogen) atoms. The number of ketones is 1. The van der Waals surface area contributed by atoms with E-state index >= 15 is 0 Å². The molecule has 2 aromatic heterocycles. The molecule has 7 heteroatoms. The van der Waals surface area contributed by atoms with Crippen LogP contribution >= 0.6 is 0 Å². The van der Waals surface area contributed by atoms with Crippen LogP contribution in [-0.2, 0) is 11.3 Å². The third kappa shape index (κ3) is 3.74. The van der Waals surface area contributed by atoms with Gasteiger partial charge in [0.1, 0.15) is 11.3 Å². The minimum absolute atomic E-state index is 0.0249. The zero-order valence-corrected chi connectivity index (χ0v) is 14.8. The lowest BCUT2D eigenvalue weighted by atomic mass is 9.97. The quantitative estimate of drug-likeness (QED) is 0.722. The number of halogens is 1. The van der Waals surface area contributed by atoms with Crippen LogP contribution in [0.3, 0.4) is 0 Å². The Bertz CT molecular complexity index is 972. The van der Waals surface area contributed by atoms with E-state index in [1.807, 2.05) is 0 Å². The molecule has 0 unspecified atom stereocenters. The summed E-state index contributed by atoms with van der Waals surface area (Å²) < 4.78 is 15.3. The number of nitrogens with zero attached hydrogens (tertiary/aromatic N) is 3. The molecule has 0 bridgehead atoms. The molecule has 3 aromatic rings. The number of aromatic nitrogens is 3. The number of imidazole rings is 1. The molecular weight excluding hydrogens is 347 g/mol. The number of hydrogen-bond donors (Lipinski definition) is 2. The Morgan fingerprint density at radius 1 is 1.33 bits per heavy atom. The average molecular weight is 368 g/mol. The Kier molecular flexibility index (Phi) is 4.96. The molecule has 2 atom stereocenters. The molecule has 140 valence electrons. The van der Waals surface area contributed by atoms with Crippen LogP contribution in [0.4, 0.5) is 4.39 Å². The van der Waals surface area contributed by atoms with Gasteiger partial charge in [0, 0.05) is 24.2 Å². The fraction of sp³-hybridized carbons (Fsp3) is 0.350. The van der Waals surface area contributed by atoms with E-state index in [1.165, 1.54) is 12.1 Å². The first kappa shape index (κ1) is 17.8. The molecule has 1 aliphatic heterocycles. The number of aliphatic hydroxyl groups is 1. The topological polar surface area (TPSA) is 80.0 Å². The smallest absolute Gasteiger partial charge is 0.154 e. The van der Waals surface area contributed by atoms with Gasteiger partial charge in [0.2, 0.25) is 0 Å². The summed E-state index contributed by atoms with van der Waals surface area (Å²) in [6.45, 7) is 1.000. The molecule has 1 fully saturated rings. The number of aliphatic hydroxyl groups excluding tert-OH is 1. The second kappa shape index (κ2) is 7.54. The van der Waals surface area contributed by atoms with Crippen LogP contribution in [0, 0.1) is 5.82 Å². The highest BCUT2D eigenvalue weighted by atomic mass is 19.1. The Balaban J connectivity index is 1.57. The summed E-state index contributed by atoms with van der Waals surface area (Å²) >= 11 is 0. The summed E-state index contributed by atoms with van der Waals surface area (Å²) in [5.41, 5.74) is 2.63. The highest BCUT2D eigenvalue weighted by Gasteiger charge is 2.25. The minimum atomic E-state index is -0.481. The molecule has 1 saturated heterocycles. The number of piperidine rings is 1. The number of Topliss-reactive ketones (excluding diaryl/α,β-unsaturated/α-hetero) is 1. The Labute approximate surface area is 156 Å². The van der Waals surface area contributed by atoms with Crippen molar-refractivity contribution in [2.24, 2.45) is 0 Å². The van der Waals surface area contributed by atoms with Crippen molar-refractivity contribution in [3.8, 4) is 11.3 Å². The summed E-state index contributed by atoms with van der Waals surface area (Å²) in [4.78, 5) is 21.2. The van der Waals surface area contributed by atoms with Crippen molar-refractivity contribution < 1.29 is 14.3 Å². The van der Waals surface area contributed by atoms with E-state index in [-0.39, 0.29) is 30.6 Å². The Morgan fingerprint density at radius 3 is 3.04 bits per heavy atom. The molecule has 4 rings (SSSR count). The van der Waals surface area contributed by atoms with E-state index < -0.39 is 6.10 Å². The van der Waals surface area contributed by atoms with Crippen molar-refractivity contribution in [2.75, 3.05) is 6.54 Å². The number of hydrogen-bond acceptors (Lipinski definition) is 5. The number of nitrogens with one attached hydrogen (secondary N) is 1. The molecule has 6 nitrogen and oxygen atoms in total. The number of pyridine rings is 1. The fourth-order valence-corrected chi connectivity index (χ4v) is 3.61. The van der Waals surface area contributed by atoms with Crippen molar-refractivity contribution in [1.82, 2.24) is 19.9 Å². The van der Waals surface area contributed by atoms with E-state index in [4.69, 9.17) is 0 Å². The van der Waals surface area contributed by atoms with Crippen LogP contribution < -0.4 is 5.32 Å². The van der Waals surface area contributed by atoms with Crippen molar-refractivity contribution in [3.05, 3.63) is 48.7 Å². The van der Waals surface area contributed by atoms with Crippen molar-refractivity contribution in [3.63, 3.8) is 0 Å². The summed E-state index contributed by atoms with van der Waals surface area (Å²) in [7, 11) is 0.